The van der Waals surface area contributed by atoms with Crippen molar-refractivity contribution in [1.82, 2.24) is 30.1 Å². The minimum atomic E-state index is -0.0543. The molecular weight excluding hydrogens is 440 g/mol. The van der Waals surface area contributed by atoms with Crippen LogP contribution in [-0.4, -0.2) is 37.2 Å². The van der Waals surface area contributed by atoms with Gasteiger partial charge in [0.25, 0.3) is 5.56 Å². The number of hydrogen-bond acceptors (Lipinski definition) is 6. The van der Waals surface area contributed by atoms with Crippen molar-refractivity contribution in [2.24, 2.45) is 0 Å². The molecule has 0 bridgehead atoms. The number of H-pyrrole nitrogens is 1. The van der Waals surface area contributed by atoms with Crippen molar-refractivity contribution in [2.75, 3.05) is 7.11 Å². The molecule has 182 valence electrons. The fourth-order valence-electron chi connectivity index (χ4n) is 5.03. The smallest absolute Gasteiger partial charge is 0.252 e. The Hall–Kier alpha value is -3.52. The first-order chi connectivity index (χ1) is 17.0. The third-order valence-electron chi connectivity index (χ3n) is 7.18. The first kappa shape index (κ1) is 23.2. The fourth-order valence-corrected chi connectivity index (χ4v) is 5.03. The molecule has 1 aliphatic carbocycles. The summed E-state index contributed by atoms with van der Waals surface area (Å²) in [4.78, 5) is 18.5. The molecule has 0 radical (unpaired) electrons. The molecule has 1 aliphatic rings. The van der Waals surface area contributed by atoms with Crippen molar-refractivity contribution < 1.29 is 4.74 Å². The highest BCUT2D eigenvalue weighted by atomic mass is 16.5. The molecule has 8 heteroatoms. The molecule has 35 heavy (non-hydrogen) atoms. The van der Waals surface area contributed by atoms with E-state index in [9.17, 15) is 4.79 Å². The van der Waals surface area contributed by atoms with Gasteiger partial charge in [-0.15, -0.1) is 5.10 Å². The molecule has 8 nitrogen and oxygen atoms in total. The Kier molecular flexibility index (Phi) is 6.63. The number of ether oxygens (including phenoxy) is 1. The van der Waals surface area contributed by atoms with Gasteiger partial charge in [0.2, 0.25) is 0 Å². The van der Waals surface area contributed by atoms with E-state index in [2.05, 4.69) is 56.6 Å². The number of nitrogens with zero attached hydrogens (tertiary/aromatic N) is 5. The predicted octanol–water partition coefficient (Wildman–Crippen LogP) is 4.46. The summed E-state index contributed by atoms with van der Waals surface area (Å²) in [6, 6.07) is 14.6. The van der Waals surface area contributed by atoms with E-state index >= 15 is 0 Å². The van der Waals surface area contributed by atoms with Crippen molar-refractivity contribution in [3.63, 3.8) is 0 Å². The van der Waals surface area contributed by atoms with Gasteiger partial charge in [-0.1, -0.05) is 37.1 Å². The number of pyridine rings is 1. The van der Waals surface area contributed by atoms with Gasteiger partial charge >= 0.3 is 0 Å². The normalized spacial score (nSPS) is 14.3. The molecule has 0 aliphatic heterocycles. The molecule has 0 spiro atoms. The van der Waals surface area contributed by atoms with Crippen LogP contribution in [0.4, 0.5) is 0 Å². The van der Waals surface area contributed by atoms with E-state index in [4.69, 9.17) is 4.74 Å². The number of aryl methyl sites for hydroxylation is 2. The highest BCUT2D eigenvalue weighted by molar-refractivity contribution is 5.83. The summed E-state index contributed by atoms with van der Waals surface area (Å²) >= 11 is 0. The van der Waals surface area contributed by atoms with E-state index in [0.29, 0.717) is 25.7 Å². The maximum absolute atomic E-state index is 13.1. The predicted molar refractivity (Wildman–Crippen MR) is 135 cm³/mol. The Balaban J connectivity index is 1.46. The summed E-state index contributed by atoms with van der Waals surface area (Å²) in [6.45, 7) is 5.81. The molecular formula is C27H32N6O2. The number of rotatable bonds is 8. The molecule has 0 unspecified atom stereocenters. The van der Waals surface area contributed by atoms with Crippen LogP contribution in [0, 0.1) is 13.8 Å². The van der Waals surface area contributed by atoms with E-state index in [1.807, 2.05) is 29.8 Å². The molecule has 2 heterocycles. The minimum absolute atomic E-state index is 0.0543. The van der Waals surface area contributed by atoms with E-state index in [0.717, 1.165) is 52.0 Å². The van der Waals surface area contributed by atoms with Crippen LogP contribution in [0.1, 0.15) is 59.8 Å². The average Bonchev–Trinajstić information content (AvgIpc) is 3.55. The standard InChI is InChI=1S/C27H32N6O2/c1-18-8-11-21-14-22(27(34)28-26(21)19(18)2)16-32(15-20-9-12-24(35-3)13-10-20)17-25-29-30-31-33(25)23-6-4-5-7-23/h8-14,23H,4-7,15-17H2,1-3H3,(H,28,34). The maximum atomic E-state index is 13.1. The molecule has 2 aromatic carbocycles. The van der Waals surface area contributed by atoms with Gasteiger partial charge in [-0.2, -0.15) is 0 Å². The first-order valence-electron chi connectivity index (χ1n) is 12.3. The lowest BCUT2D eigenvalue weighted by Gasteiger charge is -2.23. The van der Waals surface area contributed by atoms with E-state index in [1.54, 1.807) is 7.11 Å². The minimum Gasteiger partial charge on any atom is -0.497 e. The SMILES string of the molecule is COc1ccc(CN(Cc2cc3ccc(C)c(C)c3[nH]c2=O)Cc2nnnn2C2CCCC2)cc1. The molecule has 0 saturated heterocycles. The van der Waals surface area contributed by atoms with Crippen LogP contribution < -0.4 is 10.3 Å². The Morgan fingerprint density at radius 2 is 1.83 bits per heavy atom. The third-order valence-corrected chi connectivity index (χ3v) is 7.18. The number of fused-ring (bicyclic) bond motifs is 1. The molecule has 1 saturated carbocycles. The molecule has 0 atom stereocenters. The zero-order chi connectivity index (χ0) is 24.4. The highest BCUT2D eigenvalue weighted by Crippen LogP contribution is 2.29. The van der Waals surface area contributed by atoms with Crippen LogP contribution in [0.15, 0.2) is 47.3 Å². The van der Waals surface area contributed by atoms with Gasteiger partial charge in [0.15, 0.2) is 5.82 Å². The van der Waals surface area contributed by atoms with Crippen molar-refractivity contribution in [1.29, 1.82) is 0 Å². The number of hydrogen-bond donors (Lipinski definition) is 1. The molecule has 1 N–H and O–H groups in total. The monoisotopic (exact) mass is 472 g/mol. The van der Waals surface area contributed by atoms with Gasteiger partial charge in [-0.05, 0) is 77.4 Å². The molecule has 2 aromatic heterocycles. The molecule has 4 aromatic rings. The van der Waals surface area contributed by atoms with Gasteiger partial charge in [-0.3, -0.25) is 9.69 Å². The van der Waals surface area contributed by atoms with Crippen LogP contribution in [0.3, 0.4) is 0 Å². The Morgan fingerprint density at radius 3 is 2.57 bits per heavy atom. The van der Waals surface area contributed by atoms with E-state index in [1.165, 1.54) is 18.4 Å². The van der Waals surface area contributed by atoms with Crippen LogP contribution in [0.25, 0.3) is 10.9 Å². The summed E-state index contributed by atoms with van der Waals surface area (Å²) in [5.74, 6) is 1.66. The number of aromatic amines is 1. The largest absolute Gasteiger partial charge is 0.497 e. The average molecular weight is 473 g/mol. The van der Waals surface area contributed by atoms with Gasteiger partial charge in [-0.25, -0.2) is 4.68 Å². The zero-order valence-corrected chi connectivity index (χ0v) is 20.6. The zero-order valence-electron chi connectivity index (χ0n) is 20.6. The number of nitrogens with one attached hydrogen (secondary N) is 1. The topological polar surface area (TPSA) is 88.9 Å². The van der Waals surface area contributed by atoms with Gasteiger partial charge in [0, 0.05) is 18.7 Å². The summed E-state index contributed by atoms with van der Waals surface area (Å²) in [5, 5.41) is 13.7. The Bertz CT molecular complexity index is 1370. The quantitative estimate of drug-likeness (QED) is 0.407. The van der Waals surface area contributed by atoms with Gasteiger partial charge in [0.1, 0.15) is 5.75 Å². The van der Waals surface area contributed by atoms with Crippen LogP contribution >= 0.6 is 0 Å². The number of methoxy groups -OCH3 is 1. The summed E-state index contributed by atoms with van der Waals surface area (Å²) in [5.41, 5.74) is 4.99. The van der Waals surface area contributed by atoms with Crippen molar-refractivity contribution >= 4 is 10.9 Å². The van der Waals surface area contributed by atoms with Crippen molar-refractivity contribution in [2.45, 2.75) is 65.2 Å². The molecule has 0 amide bonds. The van der Waals surface area contributed by atoms with Crippen LogP contribution in [0.5, 0.6) is 5.75 Å². The fraction of sp³-hybridized carbons (Fsp3) is 0.407. The lowest BCUT2D eigenvalue weighted by atomic mass is 10.0. The number of tetrazole rings is 1. The molecule has 1 fully saturated rings. The summed E-state index contributed by atoms with van der Waals surface area (Å²) in [6.07, 6.45) is 4.65. The lowest BCUT2D eigenvalue weighted by molar-refractivity contribution is 0.231. The summed E-state index contributed by atoms with van der Waals surface area (Å²) < 4.78 is 7.30. The maximum Gasteiger partial charge on any atom is 0.252 e. The van der Waals surface area contributed by atoms with Crippen LogP contribution in [-0.2, 0) is 19.6 Å². The second-order valence-corrected chi connectivity index (χ2v) is 9.57. The second-order valence-electron chi connectivity index (χ2n) is 9.57. The second kappa shape index (κ2) is 10.00. The summed E-state index contributed by atoms with van der Waals surface area (Å²) in [7, 11) is 1.67. The highest BCUT2D eigenvalue weighted by Gasteiger charge is 2.23. The Labute approximate surface area is 204 Å². The molecule has 5 rings (SSSR count). The Morgan fingerprint density at radius 1 is 1.06 bits per heavy atom. The number of benzene rings is 2. The van der Waals surface area contributed by atoms with Crippen LogP contribution in [0.2, 0.25) is 0 Å². The van der Waals surface area contributed by atoms with Gasteiger partial charge < -0.3 is 9.72 Å². The first-order valence-corrected chi connectivity index (χ1v) is 12.3. The number of aromatic nitrogens is 5. The van der Waals surface area contributed by atoms with E-state index in [-0.39, 0.29) is 5.56 Å². The van der Waals surface area contributed by atoms with Crippen molar-refractivity contribution in [3.05, 3.63) is 80.9 Å². The lowest BCUT2D eigenvalue weighted by Crippen LogP contribution is -2.28. The van der Waals surface area contributed by atoms with Crippen molar-refractivity contribution in [3.8, 4) is 5.75 Å². The van der Waals surface area contributed by atoms with E-state index < -0.39 is 0 Å². The third kappa shape index (κ3) is 4.98. The van der Waals surface area contributed by atoms with Gasteiger partial charge in [0.05, 0.1) is 25.2 Å².